The molecule has 0 amide bonds. The van der Waals surface area contributed by atoms with Gasteiger partial charge >= 0.3 is 0 Å². The minimum Gasteiger partial charge on any atom is -0.379 e. The normalized spacial score (nSPS) is 21.0. The maximum Gasteiger partial charge on any atom is 0.0623 e. The summed E-state index contributed by atoms with van der Waals surface area (Å²) in [5, 5.41) is 3.39. The predicted molar refractivity (Wildman–Crippen MR) is 51.3 cm³/mol. The Kier molecular flexibility index (Phi) is 2.79. The molecule has 12 heavy (non-hydrogen) atoms. The van der Waals surface area contributed by atoms with Crippen molar-refractivity contribution in [3.63, 3.8) is 0 Å². The third-order valence-electron chi connectivity index (χ3n) is 3.14. The van der Waals surface area contributed by atoms with Gasteiger partial charge in [-0.3, -0.25) is 0 Å². The van der Waals surface area contributed by atoms with Crippen molar-refractivity contribution in [1.82, 2.24) is 5.32 Å². The zero-order valence-electron chi connectivity index (χ0n) is 8.74. The van der Waals surface area contributed by atoms with Crippen LogP contribution in [0.4, 0.5) is 0 Å². The Balaban J connectivity index is 2.25. The van der Waals surface area contributed by atoms with Gasteiger partial charge in [-0.25, -0.2) is 0 Å². The van der Waals surface area contributed by atoms with E-state index in [1.54, 1.807) is 7.11 Å². The largest absolute Gasteiger partial charge is 0.379 e. The highest BCUT2D eigenvalue weighted by Gasteiger charge is 2.41. The van der Waals surface area contributed by atoms with Crippen LogP contribution in [0.1, 0.15) is 39.5 Å². The van der Waals surface area contributed by atoms with E-state index in [0.717, 1.165) is 6.42 Å². The van der Waals surface area contributed by atoms with Gasteiger partial charge < -0.3 is 10.1 Å². The molecular formula is C10H21NO. The molecule has 2 heteroatoms. The van der Waals surface area contributed by atoms with Crippen LogP contribution in [0.15, 0.2) is 0 Å². The van der Waals surface area contributed by atoms with Gasteiger partial charge in [0.05, 0.1) is 5.60 Å². The second-order valence-electron chi connectivity index (χ2n) is 4.49. The predicted octanol–water partition coefficient (Wildman–Crippen LogP) is 1.94. The Labute approximate surface area is 75.7 Å². The van der Waals surface area contributed by atoms with Crippen LogP contribution in [0.25, 0.3) is 0 Å². The molecule has 0 unspecified atom stereocenters. The monoisotopic (exact) mass is 171 g/mol. The smallest absolute Gasteiger partial charge is 0.0623 e. The maximum atomic E-state index is 5.38. The summed E-state index contributed by atoms with van der Waals surface area (Å²) in [5.41, 5.74) is 0.516. The van der Waals surface area contributed by atoms with Crippen molar-refractivity contribution in [2.45, 2.75) is 50.7 Å². The van der Waals surface area contributed by atoms with E-state index >= 15 is 0 Å². The van der Waals surface area contributed by atoms with E-state index in [-0.39, 0.29) is 5.60 Å². The first kappa shape index (κ1) is 10.0. The van der Waals surface area contributed by atoms with Crippen LogP contribution in [0.3, 0.4) is 0 Å². The average Bonchev–Trinajstić information content (AvgIpc) is 2.82. The fourth-order valence-electron chi connectivity index (χ4n) is 1.42. The highest BCUT2D eigenvalue weighted by Crippen LogP contribution is 2.40. The van der Waals surface area contributed by atoms with E-state index in [2.05, 4.69) is 26.2 Å². The fraction of sp³-hybridized carbons (Fsp3) is 1.00. The number of methoxy groups -OCH3 is 1. The van der Waals surface area contributed by atoms with Gasteiger partial charge in [-0.05, 0) is 46.6 Å². The third kappa shape index (κ3) is 2.46. The number of nitrogens with one attached hydrogen (secondary N) is 1. The minimum absolute atomic E-state index is 0.0481. The highest BCUT2D eigenvalue weighted by atomic mass is 16.5. The first-order valence-corrected chi connectivity index (χ1v) is 4.78. The van der Waals surface area contributed by atoms with E-state index < -0.39 is 0 Å². The molecule has 0 spiro atoms. The first-order chi connectivity index (χ1) is 5.54. The molecule has 0 aliphatic heterocycles. The van der Waals surface area contributed by atoms with E-state index in [1.807, 2.05) is 0 Å². The molecule has 1 rings (SSSR count). The number of ether oxygens (including phenoxy) is 1. The molecule has 0 aromatic carbocycles. The standard InChI is InChI=1S/C10H21NO/c1-9(2,12-4)5-6-10(11-3)7-8-10/h11H,5-8H2,1-4H3. The summed E-state index contributed by atoms with van der Waals surface area (Å²) < 4.78 is 5.38. The van der Waals surface area contributed by atoms with Gasteiger partial charge in [-0.1, -0.05) is 0 Å². The SMILES string of the molecule is CNC1(CCC(C)(C)OC)CC1. The summed E-state index contributed by atoms with van der Waals surface area (Å²) in [6.07, 6.45) is 5.06. The molecule has 72 valence electrons. The van der Waals surface area contributed by atoms with Gasteiger partial charge in [0.1, 0.15) is 0 Å². The third-order valence-corrected chi connectivity index (χ3v) is 3.14. The summed E-state index contributed by atoms with van der Waals surface area (Å²) in [5.74, 6) is 0. The van der Waals surface area contributed by atoms with Crippen LogP contribution in [0.5, 0.6) is 0 Å². The Morgan fingerprint density at radius 1 is 1.42 bits per heavy atom. The summed E-state index contributed by atoms with van der Waals surface area (Å²) in [6, 6.07) is 0. The lowest BCUT2D eigenvalue weighted by molar-refractivity contribution is 0.0111. The van der Waals surface area contributed by atoms with Gasteiger partial charge in [0.2, 0.25) is 0 Å². The zero-order chi connectivity index (χ0) is 9.24. The second kappa shape index (κ2) is 3.35. The molecule has 2 nitrogen and oxygen atoms in total. The molecule has 0 aromatic heterocycles. The second-order valence-corrected chi connectivity index (χ2v) is 4.49. The number of hydrogen-bond acceptors (Lipinski definition) is 2. The molecular weight excluding hydrogens is 150 g/mol. The van der Waals surface area contributed by atoms with Crippen LogP contribution in [-0.4, -0.2) is 25.3 Å². The Hall–Kier alpha value is -0.0800. The quantitative estimate of drug-likeness (QED) is 0.682. The molecule has 1 N–H and O–H groups in total. The van der Waals surface area contributed by atoms with Crippen molar-refractivity contribution < 1.29 is 4.74 Å². The zero-order valence-corrected chi connectivity index (χ0v) is 8.74. The highest BCUT2D eigenvalue weighted by molar-refractivity contribution is 5.01. The summed E-state index contributed by atoms with van der Waals surface area (Å²) >= 11 is 0. The minimum atomic E-state index is 0.0481. The van der Waals surface area contributed by atoms with Gasteiger partial charge in [0, 0.05) is 12.6 Å². The molecule has 1 fully saturated rings. The Bertz CT molecular complexity index is 144. The number of rotatable bonds is 5. The van der Waals surface area contributed by atoms with Crippen molar-refractivity contribution in [1.29, 1.82) is 0 Å². The summed E-state index contributed by atoms with van der Waals surface area (Å²) in [4.78, 5) is 0. The van der Waals surface area contributed by atoms with Gasteiger partial charge in [-0.15, -0.1) is 0 Å². The molecule has 0 heterocycles. The van der Waals surface area contributed by atoms with Gasteiger partial charge in [0.15, 0.2) is 0 Å². The molecule has 0 bridgehead atoms. The topological polar surface area (TPSA) is 21.3 Å². The molecule has 0 saturated heterocycles. The lowest BCUT2D eigenvalue weighted by Gasteiger charge is -2.25. The number of hydrogen-bond donors (Lipinski definition) is 1. The van der Waals surface area contributed by atoms with E-state index in [4.69, 9.17) is 4.74 Å². The first-order valence-electron chi connectivity index (χ1n) is 4.78. The lowest BCUT2D eigenvalue weighted by atomic mass is 9.98. The van der Waals surface area contributed by atoms with Crippen molar-refractivity contribution in [2.24, 2.45) is 0 Å². The van der Waals surface area contributed by atoms with Crippen LogP contribution < -0.4 is 5.32 Å². The Morgan fingerprint density at radius 3 is 2.33 bits per heavy atom. The summed E-state index contributed by atoms with van der Waals surface area (Å²) in [6.45, 7) is 4.30. The van der Waals surface area contributed by atoms with Crippen molar-refractivity contribution in [2.75, 3.05) is 14.2 Å². The van der Waals surface area contributed by atoms with E-state index in [0.29, 0.717) is 5.54 Å². The Morgan fingerprint density at radius 2 is 2.00 bits per heavy atom. The van der Waals surface area contributed by atoms with E-state index in [1.165, 1.54) is 19.3 Å². The van der Waals surface area contributed by atoms with Crippen LogP contribution in [0, 0.1) is 0 Å². The molecule has 0 aromatic rings. The van der Waals surface area contributed by atoms with Crippen LogP contribution in [-0.2, 0) is 4.74 Å². The van der Waals surface area contributed by atoms with Gasteiger partial charge in [-0.2, -0.15) is 0 Å². The van der Waals surface area contributed by atoms with Crippen LogP contribution in [0.2, 0.25) is 0 Å². The molecule has 1 aliphatic rings. The molecule has 1 saturated carbocycles. The molecule has 1 aliphatic carbocycles. The van der Waals surface area contributed by atoms with E-state index in [9.17, 15) is 0 Å². The average molecular weight is 171 g/mol. The van der Waals surface area contributed by atoms with Crippen molar-refractivity contribution in [3.05, 3.63) is 0 Å². The fourth-order valence-corrected chi connectivity index (χ4v) is 1.42. The summed E-state index contributed by atoms with van der Waals surface area (Å²) in [7, 11) is 3.85. The van der Waals surface area contributed by atoms with Crippen molar-refractivity contribution >= 4 is 0 Å². The van der Waals surface area contributed by atoms with Crippen LogP contribution >= 0.6 is 0 Å². The maximum absolute atomic E-state index is 5.38. The van der Waals surface area contributed by atoms with Gasteiger partial charge in [0.25, 0.3) is 0 Å². The lowest BCUT2D eigenvalue weighted by Crippen LogP contribution is -2.31. The van der Waals surface area contributed by atoms with Crippen molar-refractivity contribution in [3.8, 4) is 0 Å². The molecule has 0 radical (unpaired) electrons. The molecule has 0 atom stereocenters.